The van der Waals surface area contributed by atoms with Crippen molar-refractivity contribution in [3.05, 3.63) is 82.0 Å². The zero-order chi connectivity index (χ0) is 25.7. The molecule has 0 bridgehead atoms. The summed E-state index contributed by atoms with van der Waals surface area (Å²) in [5.74, 6) is -3.15. The number of nitrogens with one attached hydrogen (secondary N) is 2. The topological polar surface area (TPSA) is 290 Å². The monoisotopic (exact) mass is 508 g/mol. The molecule has 0 saturated heterocycles. The molecule has 1 atom stereocenters. The maximum absolute atomic E-state index is 11.0. The van der Waals surface area contributed by atoms with Crippen molar-refractivity contribution in [2.75, 3.05) is 0 Å². The van der Waals surface area contributed by atoms with E-state index in [1.807, 2.05) is 54.7 Å². The summed E-state index contributed by atoms with van der Waals surface area (Å²) in [6, 6.07) is 14.4. The molecule has 36 heavy (non-hydrogen) atoms. The Morgan fingerprint density at radius 1 is 0.806 bits per heavy atom. The van der Waals surface area contributed by atoms with E-state index < -0.39 is 23.8 Å². The van der Waals surface area contributed by atoms with Gasteiger partial charge in [0.25, 0.3) is 0 Å². The lowest BCUT2D eigenvalue weighted by Crippen LogP contribution is -2.32. The summed E-state index contributed by atoms with van der Waals surface area (Å²) in [5.41, 5.74) is 9.06. The third kappa shape index (κ3) is 9.05. The number of rotatable bonds is 6. The Hall–Kier alpha value is -4.47. The molecule has 0 aliphatic rings. The average Bonchev–Trinajstić information content (AvgIpc) is 3.46. The minimum atomic E-state index is -1.39. The minimum Gasteiger partial charge on any atom is -0.480 e. The van der Waals surface area contributed by atoms with Crippen LogP contribution in [0.25, 0.3) is 21.8 Å². The van der Waals surface area contributed by atoms with E-state index in [4.69, 9.17) is 36.4 Å². The van der Waals surface area contributed by atoms with Crippen molar-refractivity contribution < 1.29 is 40.6 Å². The van der Waals surface area contributed by atoms with Crippen LogP contribution in [-0.4, -0.2) is 59.9 Å². The lowest BCUT2D eigenvalue weighted by molar-refractivity contribution is -0.176. The van der Waals surface area contributed by atoms with Crippen molar-refractivity contribution in [1.82, 2.24) is 16.1 Å². The molecule has 1 unspecified atom stereocenters. The molecule has 0 saturated carbocycles. The van der Waals surface area contributed by atoms with E-state index in [-0.39, 0.29) is 18.0 Å². The Morgan fingerprint density at radius 2 is 1.22 bits per heavy atom. The van der Waals surface area contributed by atoms with Crippen LogP contribution in [0, 0.1) is 9.93 Å². The van der Waals surface area contributed by atoms with Gasteiger partial charge in [-0.1, -0.05) is 36.4 Å². The van der Waals surface area contributed by atoms with E-state index in [9.17, 15) is 14.4 Å². The molecular weight excluding hydrogens is 480 g/mol. The number of nitrogens with two attached hydrogens (primary N) is 1. The van der Waals surface area contributed by atoms with Crippen molar-refractivity contribution in [2.24, 2.45) is 5.73 Å². The molecule has 2 aromatic carbocycles. The fourth-order valence-corrected chi connectivity index (χ4v) is 3.15. The third-order valence-corrected chi connectivity index (χ3v) is 4.70. The summed E-state index contributed by atoms with van der Waals surface area (Å²) >= 11 is 0. The standard InChI is InChI=1S/C11H12N2O2.C11H9NO3.H3N.H2O2.O2.H2O/c12-9(11(14)15)5-7-6-13-10-4-2-1-3-8(7)10;13-10(11(14)15)5-7-6-12-9-4-2-1-3-8(7)9;;2*1-2;/h1-4,6,9,13H,5,12H2,(H,14,15);1-4,6,12H,5H2,(H,14,15);1H3;1-2H;;1H2. The van der Waals surface area contributed by atoms with E-state index in [1.165, 1.54) is 0 Å². The summed E-state index contributed by atoms with van der Waals surface area (Å²) < 4.78 is 0. The smallest absolute Gasteiger partial charge is 0.372 e. The van der Waals surface area contributed by atoms with E-state index in [0.717, 1.165) is 32.9 Å². The number of carboxylic acid groups (broad SMARTS) is 2. The zero-order valence-corrected chi connectivity index (χ0v) is 18.9. The molecule has 0 fully saturated rings. The number of para-hydroxylation sites is 2. The Labute approximate surface area is 203 Å². The second-order valence-corrected chi connectivity index (χ2v) is 6.77. The molecule has 2 aromatic heterocycles. The van der Waals surface area contributed by atoms with Crippen LogP contribution in [0.2, 0.25) is 0 Å². The van der Waals surface area contributed by atoms with Crippen LogP contribution >= 0.6 is 0 Å². The van der Waals surface area contributed by atoms with Gasteiger partial charge in [-0.05, 0) is 23.3 Å². The number of carbonyl (C=O) groups is 3. The minimum absolute atomic E-state index is 0. The highest BCUT2D eigenvalue weighted by Crippen LogP contribution is 2.19. The van der Waals surface area contributed by atoms with Gasteiger partial charge in [0.2, 0.25) is 5.78 Å². The molecule has 196 valence electrons. The van der Waals surface area contributed by atoms with E-state index in [2.05, 4.69) is 9.97 Å². The van der Waals surface area contributed by atoms with Gasteiger partial charge in [-0.15, -0.1) is 0 Å². The molecule has 0 aliphatic heterocycles. The van der Waals surface area contributed by atoms with Crippen molar-refractivity contribution >= 4 is 39.5 Å². The number of Topliss-reactive ketones (excluding diaryl/α,β-unsaturated/α-hetero) is 1. The molecule has 13 N–H and O–H groups in total. The van der Waals surface area contributed by atoms with Crippen molar-refractivity contribution in [3.8, 4) is 0 Å². The number of hydrogen-bond donors (Lipinski definition) is 8. The van der Waals surface area contributed by atoms with Gasteiger partial charge in [-0.3, -0.25) is 20.1 Å². The predicted octanol–water partition coefficient (Wildman–Crippen LogP) is 1.91. The number of aromatic nitrogens is 2. The molecular formula is C22H28N4O10. The van der Waals surface area contributed by atoms with Crippen LogP contribution in [0.3, 0.4) is 0 Å². The summed E-state index contributed by atoms with van der Waals surface area (Å²) in [4.78, 5) is 52.1. The number of carboxylic acids is 2. The molecule has 0 aliphatic carbocycles. The first-order chi connectivity index (χ1) is 16.4. The number of H-pyrrole nitrogens is 2. The number of aliphatic carboxylic acids is 2. The van der Waals surface area contributed by atoms with Crippen LogP contribution in [0.15, 0.2) is 60.9 Å². The van der Waals surface area contributed by atoms with Crippen LogP contribution in [0.4, 0.5) is 0 Å². The fourth-order valence-electron chi connectivity index (χ4n) is 3.15. The molecule has 0 spiro atoms. The van der Waals surface area contributed by atoms with Gasteiger partial charge in [-0.2, -0.15) is 0 Å². The van der Waals surface area contributed by atoms with Gasteiger partial charge in [0.05, 0.1) is 0 Å². The zero-order valence-electron chi connectivity index (χ0n) is 18.9. The quantitative estimate of drug-likeness (QED) is 0.106. The number of hydrogen-bond acceptors (Lipinski definition) is 9. The first-order valence-corrected chi connectivity index (χ1v) is 9.58. The highest BCUT2D eigenvalue weighted by Gasteiger charge is 2.15. The Kier molecular flexibility index (Phi) is 15.9. The summed E-state index contributed by atoms with van der Waals surface area (Å²) in [5, 5.41) is 31.1. The van der Waals surface area contributed by atoms with E-state index in [0.29, 0.717) is 6.42 Å². The highest BCUT2D eigenvalue weighted by molar-refractivity contribution is 6.33. The van der Waals surface area contributed by atoms with Crippen molar-refractivity contribution in [1.29, 1.82) is 0 Å². The third-order valence-electron chi connectivity index (χ3n) is 4.70. The Morgan fingerprint density at radius 3 is 1.67 bits per heavy atom. The molecule has 2 heterocycles. The van der Waals surface area contributed by atoms with Crippen LogP contribution in [0.5, 0.6) is 0 Å². The second-order valence-electron chi connectivity index (χ2n) is 6.77. The lowest BCUT2D eigenvalue weighted by Gasteiger charge is -2.04. The molecule has 14 heteroatoms. The number of fused-ring (bicyclic) bond motifs is 2. The summed E-state index contributed by atoms with van der Waals surface area (Å²) in [6.45, 7) is 0. The van der Waals surface area contributed by atoms with Crippen LogP contribution in [0.1, 0.15) is 11.1 Å². The molecule has 14 nitrogen and oxygen atoms in total. The number of aromatic amines is 2. The Balaban J connectivity index is 0. The normalized spacial score (nSPS) is 9.97. The van der Waals surface area contributed by atoms with Gasteiger partial charge in [0, 0.05) is 57.0 Å². The van der Waals surface area contributed by atoms with Crippen molar-refractivity contribution in [3.63, 3.8) is 0 Å². The van der Waals surface area contributed by atoms with Gasteiger partial charge in [0.1, 0.15) is 6.04 Å². The number of carbonyl (C=O) groups excluding carboxylic acids is 1. The summed E-state index contributed by atoms with van der Waals surface area (Å²) in [7, 11) is 0. The van der Waals surface area contributed by atoms with Crippen LogP contribution < -0.4 is 11.9 Å². The SMILES string of the molecule is N.NC(Cc1c[nH]c2ccccc12)C(=O)O.O.O=C(O)C(=O)Cc1c[nH]c2ccccc12.O=O.OO. The largest absolute Gasteiger partial charge is 0.480 e. The maximum Gasteiger partial charge on any atom is 0.372 e. The summed E-state index contributed by atoms with van der Waals surface area (Å²) in [6.07, 6.45) is 3.76. The van der Waals surface area contributed by atoms with Gasteiger partial charge >= 0.3 is 11.9 Å². The fraction of sp³-hybridized carbons (Fsp3) is 0.136. The van der Waals surface area contributed by atoms with Gasteiger partial charge < -0.3 is 37.5 Å². The Bertz CT molecular complexity index is 1240. The van der Waals surface area contributed by atoms with E-state index >= 15 is 0 Å². The van der Waals surface area contributed by atoms with Crippen molar-refractivity contribution in [2.45, 2.75) is 18.9 Å². The first kappa shape index (κ1) is 33.7. The average molecular weight is 508 g/mol. The highest BCUT2D eigenvalue weighted by atomic mass is 17.0. The van der Waals surface area contributed by atoms with Gasteiger partial charge in [-0.25, -0.2) is 4.79 Å². The molecule has 0 amide bonds. The first-order valence-electron chi connectivity index (χ1n) is 9.58. The molecule has 4 rings (SSSR count). The molecule has 0 radical (unpaired) electrons. The predicted molar refractivity (Wildman–Crippen MR) is 133 cm³/mol. The van der Waals surface area contributed by atoms with Crippen LogP contribution in [-0.2, 0) is 27.2 Å². The second kappa shape index (κ2) is 17.0. The number of benzene rings is 2. The molecule has 4 aromatic rings. The van der Waals surface area contributed by atoms with Gasteiger partial charge in [0.15, 0.2) is 0 Å². The number of ketones is 1. The maximum atomic E-state index is 11.0. The lowest BCUT2D eigenvalue weighted by atomic mass is 10.1. The van der Waals surface area contributed by atoms with E-state index in [1.54, 1.807) is 6.20 Å².